The van der Waals surface area contributed by atoms with Crippen LogP contribution in [0, 0.1) is 23.2 Å². The third kappa shape index (κ3) is 2.87. The molecule has 2 N–H and O–H groups in total. The molecule has 0 unspecified atom stereocenters. The number of hydrazone groups is 1. The first-order valence-corrected chi connectivity index (χ1v) is 8.75. The number of amides is 1. The van der Waals surface area contributed by atoms with Crippen LogP contribution in [0.25, 0.3) is 0 Å². The molecule has 0 heterocycles. The number of rotatable bonds is 3. The van der Waals surface area contributed by atoms with Crippen molar-refractivity contribution in [2.45, 2.75) is 44.9 Å². The van der Waals surface area contributed by atoms with Gasteiger partial charge in [0.15, 0.2) is 0 Å². The van der Waals surface area contributed by atoms with Crippen LogP contribution in [-0.2, 0) is 4.79 Å². The summed E-state index contributed by atoms with van der Waals surface area (Å²) >= 11 is 0. The highest BCUT2D eigenvalue weighted by molar-refractivity contribution is 5.85. The first kappa shape index (κ1) is 14.7. The van der Waals surface area contributed by atoms with Crippen LogP contribution in [-0.4, -0.2) is 17.2 Å². The molecule has 1 amide bonds. The van der Waals surface area contributed by atoms with E-state index >= 15 is 0 Å². The van der Waals surface area contributed by atoms with Crippen LogP contribution >= 0.6 is 0 Å². The van der Waals surface area contributed by atoms with Gasteiger partial charge in [0.05, 0.1) is 11.6 Å². The van der Waals surface area contributed by atoms with E-state index in [0.717, 1.165) is 42.6 Å². The van der Waals surface area contributed by atoms with E-state index in [-0.39, 0.29) is 17.1 Å². The molecule has 122 valence electrons. The van der Waals surface area contributed by atoms with E-state index in [4.69, 9.17) is 0 Å². The Labute approximate surface area is 137 Å². The van der Waals surface area contributed by atoms with Crippen LogP contribution in [0.1, 0.15) is 50.5 Å². The molecule has 1 aromatic rings. The van der Waals surface area contributed by atoms with Crippen molar-refractivity contribution in [3.8, 4) is 5.75 Å². The Morgan fingerprint density at radius 2 is 1.70 bits per heavy atom. The maximum absolute atomic E-state index is 12.8. The van der Waals surface area contributed by atoms with E-state index in [9.17, 15) is 9.90 Å². The minimum atomic E-state index is -0.167. The highest BCUT2D eigenvalue weighted by Crippen LogP contribution is 2.57. The van der Waals surface area contributed by atoms with Gasteiger partial charge in [-0.3, -0.25) is 4.79 Å². The second-order valence-corrected chi connectivity index (χ2v) is 7.83. The largest absolute Gasteiger partial charge is 0.508 e. The molecule has 4 aliphatic carbocycles. The first-order chi connectivity index (χ1) is 11.1. The molecule has 4 aliphatic rings. The molecule has 4 fully saturated rings. The van der Waals surface area contributed by atoms with E-state index in [1.54, 1.807) is 30.5 Å². The molecule has 23 heavy (non-hydrogen) atoms. The zero-order valence-electron chi connectivity index (χ0n) is 13.4. The molecule has 1 aromatic carbocycles. The second kappa shape index (κ2) is 5.66. The van der Waals surface area contributed by atoms with Gasteiger partial charge in [-0.15, -0.1) is 0 Å². The predicted octanol–water partition coefficient (Wildman–Crippen LogP) is 3.45. The lowest BCUT2D eigenvalue weighted by molar-refractivity contribution is -0.138. The molecule has 4 heteroatoms. The Balaban J connectivity index is 1.45. The Morgan fingerprint density at radius 1 is 1.09 bits per heavy atom. The van der Waals surface area contributed by atoms with Crippen molar-refractivity contribution < 1.29 is 9.90 Å². The number of hydrogen-bond donors (Lipinski definition) is 2. The molecular formula is C19H24N2O2. The van der Waals surface area contributed by atoms with Gasteiger partial charge >= 0.3 is 0 Å². The van der Waals surface area contributed by atoms with Gasteiger partial charge in [0.2, 0.25) is 5.91 Å². The minimum absolute atomic E-state index is 0.119. The zero-order chi connectivity index (χ0) is 15.9. The van der Waals surface area contributed by atoms with Crippen molar-refractivity contribution in [1.82, 2.24) is 5.43 Å². The molecule has 4 bridgehead atoms. The number of aromatic hydroxyl groups is 1. The number of hydrogen-bond acceptors (Lipinski definition) is 3. The first-order valence-electron chi connectivity index (χ1n) is 8.75. The van der Waals surface area contributed by atoms with Crippen molar-refractivity contribution in [3.63, 3.8) is 0 Å². The SMILES string of the molecule is O=C(N/N=C/c1ccc(O)cc1)C12CC3C[C@H](CC[C@@H](C3)C1)C2. The van der Waals surface area contributed by atoms with Crippen LogP contribution < -0.4 is 5.43 Å². The number of fused-ring (bicyclic) bond motifs is 1. The number of phenols is 1. The Kier molecular flexibility index (Phi) is 3.63. The summed E-state index contributed by atoms with van der Waals surface area (Å²) in [5.74, 6) is 2.59. The van der Waals surface area contributed by atoms with E-state index < -0.39 is 0 Å². The van der Waals surface area contributed by atoms with Gasteiger partial charge in [-0.25, -0.2) is 5.43 Å². The fourth-order valence-corrected chi connectivity index (χ4v) is 5.31. The van der Waals surface area contributed by atoms with Gasteiger partial charge in [-0.1, -0.05) is 12.8 Å². The fraction of sp³-hybridized carbons (Fsp3) is 0.579. The van der Waals surface area contributed by atoms with Crippen molar-refractivity contribution in [1.29, 1.82) is 0 Å². The van der Waals surface area contributed by atoms with Gasteiger partial charge < -0.3 is 5.11 Å². The monoisotopic (exact) mass is 312 g/mol. The minimum Gasteiger partial charge on any atom is -0.508 e. The molecule has 0 saturated heterocycles. The predicted molar refractivity (Wildman–Crippen MR) is 89.1 cm³/mol. The standard InChI is InChI=1S/C19H24N2O2/c22-17-5-3-13(4-6-17)12-20-21-18(23)19-9-14-1-2-15(10-19)8-16(7-14)11-19/h3-6,12,14-16,22H,1-2,7-11H2,(H,21,23)/b20-12+/t14-,15-,16?,19?/m0/s1. The molecular weight excluding hydrogens is 288 g/mol. The highest BCUT2D eigenvalue weighted by Gasteiger charge is 2.52. The number of nitrogens with zero attached hydrogens (tertiary/aromatic N) is 1. The van der Waals surface area contributed by atoms with Crippen LogP contribution in [0.2, 0.25) is 0 Å². The lowest BCUT2D eigenvalue weighted by Gasteiger charge is -2.46. The zero-order valence-corrected chi connectivity index (χ0v) is 13.4. The molecule has 4 nitrogen and oxygen atoms in total. The smallest absolute Gasteiger partial charge is 0.246 e. The average molecular weight is 312 g/mol. The van der Waals surface area contributed by atoms with Gasteiger partial charge in [0.25, 0.3) is 0 Å². The number of carbonyl (C=O) groups is 1. The van der Waals surface area contributed by atoms with E-state index in [0.29, 0.717) is 0 Å². The number of benzene rings is 1. The fourth-order valence-electron chi connectivity index (χ4n) is 5.31. The van der Waals surface area contributed by atoms with Crippen molar-refractivity contribution >= 4 is 12.1 Å². The summed E-state index contributed by atoms with van der Waals surface area (Å²) in [6.45, 7) is 0. The highest BCUT2D eigenvalue weighted by atomic mass is 16.3. The lowest BCUT2D eigenvalue weighted by atomic mass is 9.58. The molecule has 0 spiro atoms. The van der Waals surface area contributed by atoms with E-state index in [1.165, 1.54) is 25.7 Å². The maximum atomic E-state index is 12.8. The van der Waals surface area contributed by atoms with Crippen LogP contribution in [0.3, 0.4) is 0 Å². The third-order valence-electron chi connectivity index (χ3n) is 6.11. The Bertz CT molecular complexity index is 607. The molecule has 2 atom stereocenters. The molecule has 0 aromatic heterocycles. The lowest BCUT2D eigenvalue weighted by Crippen LogP contribution is -2.47. The van der Waals surface area contributed by atoms with Crippen molar-refractivity contribution in [2.75, 3.05) is 0 Å². The average Bonchev–Trinajstić information content (AvgIpc) is 2.75. The number of phenolic OH excluding ortho intramolecular Hbond substituents is 1. The Hall–Kier alpha value is -1.84. The number of nitrogens with one attached hydrogen (secondary N) is 1. The van der Waals surface area contributed by atoms with Crippen molar-refractivity contribution in [2.24, 2.45) is 28.3 Å². The summed E-state index contributed by atoms with van der Waals surface area (Å²) in [5, 5.41) is 13.4. The van der Waals surface area contributed by atoms with Crippen LogP contribution in [0.4, 0.5) is 0 Å². The summed E-state index contributed by atoms with van der Waals surface area (Å²) in [7, 11) is 0. The second-order valence-electron chi connectivity index (χ2n) is 7.83. The normalized spacial score (nSPS) is 35.4. The molecule has 5 rings (SSSR count). The summed E-state index contributed by atoms with van der Waals surface area (Å²) in [6, 6.07) is 6.79. The van der Waals surface area contributed by atoms with Crippen LogP contribution in [0.15, 0.2) is 29.4 Å². The third-order valence-corrected chi connectivity index (χ3v) is 6.11. The summed E-state index contributed by atoms with van der Waals surface area (Å²) in [5.41, 5.74) is 3.50. The molecule has 0 aliphatic heterocycles. The molecule has 4 saturated carbocycles. The van der Waals surface area contributed by atoms with Gasteiger partial charge in [0, 0.05) is 0 Å². The van der Waals surface area contributed by atoms with Gasteiger partial charge in [-0.2, -0.15) is 5.10 Å². The summed E-state index contributed by atoms with van der Waals surface area (Å²) in [6.07, 6.45) is 10.1. The van der Waals surface area contributed by atoms with Gasteiger partial charge in [0.1, 0.15) is 5.75 Å². The maximum Gasteiger partial charge on any atom is 0.246 e. The van der Waals surface area contributed by atoms with Gasteiger partial charge in [-0.05, 0) is 79.7 Å². The summed E-state index contributed by atoms with van der Waals surface area (Å²) < 4.78 is 0. The van der Waals surface area contributed by atoms with E-state index in [2.05, 4.69) is 10.5 Å². The topological polar surface area (TPSA) is 61.7 Å². The molecule has 0 radical (unpaired) electrons. The Morgan fingerprint density at radius 3 is 2.35 bits per heavy atom. The van der Waals surface area contributed by atoms with Crippen molar-refractivity contribution in [3.05, 3.63) is 29.8 Å². The summed E-state index contributed by atoms with van der Waals surface area (Å²) in [4.78, 5) is 12.8. The number of carbonyl (C=O) groups excluding carboxylic acids is 1. The van der Waals surface area contributed by atoms with E-state index in [1.807, 2.05) is 0 Å². The van der Waals surface area contributed by atoms with Crippen LogP contribution in [0.5, 0.6) is 5.75 Å². The quantitative estimate of drug-likeness (QED) is 0.663.